The third kappa shape index (κ3) is 2.30. The van der Waals surface area contributed by atoms with Gasteiger partial charge in [-0.3, -0.25) is 4.90 Å². The highest BCUT2D eigenvalue weighted by atomic mass is 15.5. The summed E-state index contributed by atoms with van der Waals surface area (Å²) < 4.78 is 0. The van der Waals surface area contributed by atoms with E-state index in [9.17, 15) is 0 Å². The molecule has 1 heterocycles. The molecule has 0 aromatic heterocycles. The Morgan fingerprint density at radius 1 is 1.00 bits per heavy atom. The molecule has 0 aromatic carbocycles. The second-order valence-electron chi connectivity index (χ2n) is 7.38. The van der Waals surface area contributed by atoms with Crippen molar-refractivity contribution in [1.82, 2.24) is 9.80 Å². The van der Waals surface area contributed by atoms with E-state index in [-0.39, 0.29) is 11.1 Å². The quantitative estimate of drug-likeness (QED) is 0.748. The normalized spacial score (nSPS) is 30.8. The topological polar surface area (TPSA) is 6.48 Å². The molecular formula is C19H28N2. The summed E-state index contributed by atoms with van der Waals surface area (Å²) in [5.41, 5.74) is 1.66. The van der Waals surface area contributed by atoms with Gasteiger partial charge in [-0.25, -0.2) is 0 Å². The molecule has 0 aromatic rings. The van der Waals surface area contributed by atoms with E-state index in [4.69, 9.17) is 0 Å². The molecule has 3 aliphatic rings. The van der Waals surface area contributed by atoms with E-state index < -0.39 is 0 Å². The molecule has 1 aliphatic heterocycles. The average molecular weight is 284 g/mol. The van der Waals surface area contributed by atoms with Crippen LogP contribution >= 0.6 is 0 Å². The fourth-order valence-corrected chi connectivity index (χ4v) is 3.71. The van der Waals surface area contributed by atoms with Crippen LogP contribution < -0.4 is 0 Å². The Morgan fingerprint density at radius 3 is 2.43 bits per heavy atom. The molecule has 1 saturated heterocycles. The zero-order valence-corrected chi connectivity index (χ0v) is 13.8. The van der Waals surface area contributed by atoms with E-state index in [1.807, 2.05) is 0 Å². The Labute approximate surface area is 129 Å². The Hall–Kier alpha value is -1.28. The van der Waals surface area contributed by atoms with Crippen LogP contribution in [0.5, 0.6) is 0 Å². The first-order chi connectivity index (χ1) is 9.94. The second-order valence-corrected chi connectivity index (χ2v) is 7.38. The van der Waals surface area contributed by atoms with Crippen LogP contribution in [0, 0.1) is 0 Å². The maximum atomic E-state index is 2.66. The Balaban J connectivity index is 1.91. The number of allylic oxidation sites excluding steroid dienone is 5. The second kappa shape index (κ2) is 5.17. The van der Waals surface area contributed by atoms with E-state index in [0.29, 0.717) is 6.04 Å². The van der Waals surface area contributed by atoms with Crippen LogP contribution in [0.2, 0.25) is 0 Å². The number of hydrogen-bond acceptors (Lipinski definition) is 2. The summed E-state index contributed by atoms with van der Waals surface area (Å²) in [5.74, 6) is 0. The summed E-state index contributed by atoms with van der Waals surface area (Å²) >= 11 is 0. The maximum Gasteiger partial charge on any atom is 0.0723 e. The number of nitrogens with zero attached hydrogens (tertiary/aromatic N) is 2. The molecule has 0 spiro atoms. The first kappa shape index (κ1) is 14.6. The first-order valence-electron chi connectivity index (χ1n) is 8.19. The lowest BCUT2D eigenvalue weighted by Crippen LogP contribution is -2.55. The fourth-order valence-electron chi connectivity index (χ4n) is 3.71. The van der Waals surface area contributed by atoms with Gasteiger partial charge in [0.25, 0.3) is 0 Å². The molecule has 2 nitrogen and oxygen atoms in total. The van der Waals surface area contributed by atoms with Crippen molar-refractivity contribution in [2.45, 2.75) is 64.1 Å². The van der Waals surface area contributed by atoms with Gasteiger partial charge in [-0.1, -0.05) is 36.5 Å². The van der Waals surface area contributed by atoms with Gasteiger partial charge in [0.2, 0.25) is 0 Å². The molecule has 114 valence electrons. The summed E-state index contributed by atoms with van der Waals surface area (Å²) in [6.45, 7) is 10.6. The summed E-state index contributed by atoms with van der Waals surface area (Å²) in [6.07, 6.45) is 19.5. The fraction of sp³-hybridized carbons (Fsp3) is 0.579. The maximum absolute atomic E-state index is 2.66. The van der Waals surface area contributed by atoms with Crippen molar-refractivity contribution in [1.29, 1.82) is 0 Å². The minimum absolute atomic E-state index is 0.121. The summed E-state index contributed by atoms with van der Waals surface area (Å²) in [7, 11) is 0. The highest BCUT2D eigenvalue weighted by Gasteiger charge is 2.54. The van der Waals surface area contributed by atoms with Gasteiger partial charge in [0.1, 0.15) is 0 Å². The predicted octanol–water partition coefficient (Wildman–Crippen LogP) is 4.24. The van der Waals surface area contributed by atoms with Crippen LogP contribution in [-0.4, -0.2) is 33.6 Å². The summed E-state index contributed by atoms with van der Waals surface area (Å²) in [5, 5.41) is 0. The standard InChI is InChI=1S/C19H28N2/c1-18(2)19(3,4)21(17-13-9-6-10-14-17)15-20(18)16-11-7-5-8-12-16/h5,7-9,11,13-14,16H,6,10,12,15H2,1-4H3. The Bertz CT molecular complexity index is 520. The van der Waals surface area contributed by atoms with Gasteiger partial charge >= 0.3 is 0 Å². The largest absolute Gasteiger partial charge is 0.352 e. The SMILES string of the molecule is CC1(C)N(C2=CCCC=C2)CN(C2C=CC=CC2)C1(C)C. The van der Waals surface area contributed by atoms with Gasteiger partial charge in [0.15, 0.2) is 0 Å². The van der Waals surface area contributed by atoms with E-state index in [1.54, 1.807) is 0 Å². The zero-order valence-electron chi connectivity index (χ0n) is 13.8. The third-order valence-electron chi connectivity index (χ3n) is 5.83. The van der Waals surface area contributed by atoms with Crippen LogP contribution in [-0.2, 0) is 0 Å². The van der Waals surface area contributed by atoms with Crippen molar-refractivity contribution in [3.63, 3.8) is 0 Å². The zero-order chi connectivity index (χ0) is 15.1. The smallest absolute Gasteiger partial charge is 0.0723 e. The van der Waals surface area contributed by atoms with Crippen LogP contribution in [0.3, 0.4) is 0 Å². The minimum atomic E-state index is 0.121. The van der Waals surface area contributed by atoms with Gasteiger partial charge in [-0.15, -0.1) is 0 Å². The van der Waals surface area contributed by atoms with Crippen molar-refractivity contribution in [2.75, 3.05) is 6.67 Å². The molecule has 0 saturated carbocycles. The molecule has 2 aliphatic carbocycles. The van der Waals surface area contributed by atoms with Crippen molar-refractivity contribution < 1.29 is 0 Å². The first-order valence-corrected chi connectivity index (χ1v) is 8.19. The van der Waals surface area contributed by atoms with Crippen molar-refractivity contribution in [3.8, 4) is 0 Å². The van der Waals surface area contributed by atoms with E-state index >= 15 is 0 Å². The van der Waals surface area contributed by atoms with Gasteiger partial charge in [-0.05, 0) is 53.0 Å². The molecule has 21 heavy (non-hydrogen) atoms. The predicted molar refractivity (Wildman–Crippen MR) is 89.8 cm³/mol. The van der Waals surface area contributed by atoms with Crippen LogP contribution in [0.4, 0.5) is 0 Å². The Kier molecular flexibility index (Phi) is 3.61. The van der Waals surface area contributed by atoms with Crippen LogP contribution in [0.1, 0.15) is 47.0 Å². The molecule has 1 unspecified atom stereocenters. The average Bonchev–Trinajstić information content (AvgIpc) is 2.67. The van der Waals surface area contributed by atoms with Gasteiger partial charge in [0, 0.05) is 17.3 Å². The molecule has 3 rings (SSSR count). The van der Waals surface area contributed by atoms with Gasteiger partial charge in [-0.2, -0.15) is 0 Å². The highest BCUT2D eigenvalue weighted by molar-refractivity contribution is 5.28. The highest BCUT2D eigenvalue weighted by Crippen LogP contribution is 2.44. The van der Waals surface area contributed by atoms with Gasteiger partial charge in [0.05, 0.1) is 12.2 Å². The molecule has 0 N–H and O–H groups in total. The van der Waals surface area contributed by atoms with Crippen LogP contribution in [0.15, 0.2) is 48.2 Å². The minimum Gasteiger partial charge on any atom is -0.352 e. The van der Waals surface area contributed by atoms with Crippen molar-refractivity contribution in [2.24, 2.45) is 0 Å². The molecular weight excluding hydrogens is 256 g/mol. The van der Waals surface area contributed by atoms with E-state index in [1.165, 1.54) is 18.5 Å². The van der Waals surface area contributed by atoms with Crippen molar-refractivity contribution >= 4 is 0 Å². The Morgan fingerprint density at radius 2 is 1.81 bits per heavy atom. The third-order valence-corrected chi connectivity index (χ3v) is 5.83. The molecule has 0 bridgehead atoms. The molecule has 2 heteroatoms. The lowest BCUT2D eigenvalue weighted by atomic mass is 9.81. The van der Waals surface area contributed by atoms with Crippen molar-refractivity contribution in [3.05, 3.63) is 48.2 Å². The molecule has 1 atom stereocenters. The summed E-state index contributed by atoms with van der Waals surface area (Å²) in [4.78, 5) is 5.26. The summed E-state index contributed by atoms with van der Waals surface area (Å²) in [6, 6.07) is 0.516. The molecule has 0 amide bonds. The van der Waals surface area contributed by atoms with E-state index in [2.05, 4.69) is 80.0 Å². The lowest BCUT2D eigenvalue weighted by molar-refractivity contribution is 0.0989. The van der Waals surface area contributed by atoms with Crippen LogP contribution in [0.25, 0.3) is 0 Å². The molecule has 1 fully saturated rings. The number of rotatable bonds is 2. The molecule has 0 radical (unpaired) electrons. The lowest BCUT2D eigenvalue weighted by Gasteiger charge is -2.45. The van der Waals surface area contributed by atoms with Gasteiger partial charge < -0.3 is 4.90 Å². The number of hydrogen-bond donors (Lipinski definition) is 0. The monoisotopic (exact) mass is 284 g/mol. The van der Waals surface area contributed by atoms with E-state index in [0.717, 1.165) is 13.1 Å².